The molecule has 1 N–H and O–H groups in total. The van der Waals surface area contributed by atoms with Crippen molar-refractivity contribution in [3.63, 3.8) is 0 Å². The summed E-state index contributed by atoms with van der Waals surface area (Å²) in [5, 5.41) is 0. The lowest BCUT2D eigenvalue weighted by atomic mass is 10.0. The summed E-state index contributed by atoms with van der Waals surface area (Å²) < 4.78 is 89.7. The molecule has 0 amide bonds. The smallest absolute Gasteiger partial charge is 0.435 e. The number of ether oxygens (including phenoxy) is 1. The number of alkyl halides is 3. The lowest BCUT2D eigenvalue weighted by molar-refractivity contribution is -0.140. The summed E-state index contributed by atoms with van der Waals surface area (Å²) in [6, 6.07) is 4.48. The van der Waals surface area contributed by atoms with Gasteiger partial charge in [0.05, 0.1) is 17.9 Å². The summed E-state index contributed by atoms with van der Waals surface area (Å²) in [6.07, 6.45) is -3.61. The van der Waals surface area contributed by atoms with Crippen molar-refractivity contribution in [3.05, 3.63) is 64.9 Å². The molecule has 10 heteroatoms. The van der Waals surface area contributed by atoms with E-state index in [9.17, 15) is 22.0 Å². The summed E-state index contributed by atoms with van der Waals surface area (Å²) in [6.45, 7) is 1.61. The molecule has 0 unspecified atom stereocenters. The van der Waals surface area contributed by atoms with Crippen molar-refractivity contribution >= 4 is 5.69 Å². The molecule has 4 nitrogen and oxygen atoms in total. The van der Waals surface area contributed by atoms with Crippen LogP contribution in [0, 0.1) is 17.5 Å². The SMILES string of the molecule is CCOc1ccnc(C(F)(F)F)c1N1CCc2[nH]c(-c3c(F)cccc3F)c(F)c2C1. The number of benzene rings is 1. The van der Waals surface area contributed by atoms with E-state index in [0.29, 0.717) is 5.69 Å². The molecule has 164 valence electrons. The monoisotopic (exact) mass is 441 g/mol. The topological polar surface area (TPSA) is 41.1 Å². The zero-order chi connectivity index (χ0) is 22.3. The molecule has 31 heavy (non-hydrogen) atoms. The summed E-state index contributed by atoms with van der Waals surface area (Å²) >= 11 is 0. The molecule has 0 atom stereocenters. The molecule has 0 saturated carbocycles. The zero-order valence-corrected chi connectivity index (χ0v) is 16.3. The predicted octanol–water partition coefficient (Wildman–Crippen LogP) is 5.47. The molecule has 0 saturated heterocycles. The zero-order valence-electron chi connectivity index (χ0n) is 16.3. The van der Waals surface area contributed by atoms with E-state index in [1.165, 1.54) is 11.0 Å². The van der Waals surface area contributed by atoms with Gasteiger partial charge in [-0.3, -0.25) is 0 Å². The maximum atomic E-state index is 15.2. The highest BCUT2D eigenvalue weighted by Crippen LogP contribution is 2.43. The van der Waals surface area contributed by atoms with E-state index in [1.54, 1.807) is 6.92 Å². The lowest BCUT2D eigenvalue weighted by Gasteiger charge is -2.31. The highest BCUT2D eigenvalue weighted by molar-refractivity contribution is 5.67. The number of aromatic nitrogens is 2. The van der Waals surface area contributed by atoms with Crippen molar-refractivity contribution in [1.29, 1.82) is 0 Å². The Kier molecular flexibility index (Phi) is 5.32. The molecule has 0 radical (unpaired) electrons. The molecule has 0 aliphatic carbocycles. The average Bonchev–Trinajstić information content (AvgIpc) is 3.03. The number of hydrogen-bond acceptors (Lipinski definition) is 3. The number of aromatic amines is 1. The van der Waals surface area contributed by atoms with Gasteiger partial charge in [0.1, 0.15) is 23.1 Å². The Morgan fingerprint density at radius 3 is 2.48 bits per heavy atom. The van der Waals surface area contributed by atoms with Crippen LogP contribution in [0.3, 0.4) is 0 Å². The molecule has 0 bridgehead atoms. The Labute approximate surface area is 173 Å². The van der Waals surface area contributed by atoms with Gasteiger partial charge in [-0.25, -0.2) is 18.2 Å². The van der Waals surface area contributed by atoms with Gasteiger partial charge in [0.2, 0.25) is 0 Å². The third-order valence-corrected chi connectivity index (χ3v) is 5.09. The number of fused-ring (bicyclic) bond motifs is 1. The Balaban J connectivity index is 1.79. The third-order valence-electron chi connectivity index (χ3n) is 5.09. The van der Waals surface area contributed by atoms with Gasteiger partial charge in [0.25, 0.3) is 0 Å². The fourth-order valence-electron chi connectivity index (χ4n) is 3.78. The number of nitrogens with one attached hydrogen (secondary N) is 1. The second-order valence-corrected chi connectivity index (χ2v) is 6.98. The van der Waals surface area contributed by atoms with Crippen LogP contribution >= 0.6 is 0 Å². The van der Waals surface area contributed by atoms with Gasteiger partial charge in [-0.1, -0.05) is 6.07 Å². The molecule has 1 aliphatic rings. The maximum Gasteiger partial charge on any atom is 0.435 e. The van der Waals surface area contributed by atoms with Crippen LogP contribution in [-0.4, -0.2) is 23.1 Å². The average molecular weight is 441 g/mol. The number of H-pyrrole nitrogens is 1. The minimum Gasteiger partial charge on any atom is -0.492 e. The highest BCUT2D eigenvalue weighted by atomic mass is 19.4. The number of halogens is 6. The Bertz CT molecular complexity index is 1100. The number of rotatable bonds is 4. The second kappa shape index (κ2) is 7.82. The molecule has 1 aromatic carbocycles. The Hall–Kier alpha value is -3.17. The highest BCUT2D eigenvalue weighted by Gasteiger charge is 2.40. The molecular weight excluding hydrogens is 424 g/mol. The van der Waals surface area contributed by atoms with Gasteiger partial charge in [0.15, 0.2) is 11.5 Å². The first-order chi connectivity index (χ1) is 14.7. The first-order valence-electron chi connectivity index (χ1n) is 9.49. The number of hydrogen-bond donors (Lipinski definition) is 1. The van der Waals surface area contributed by atoms with E-state index in [-0.39, 0.29) is 48.8 Å². The van der Waals surface area contributed by atoms with E-state index >= 15 is 4.39 Å². The number of pyridine rings is 1. The molecule has 3 heterocycles. The van der Waals surface area contributed by atoms with Gasteiger partial charge >= 0.3 is 6.18 Å². The van der Waals surface area contributed by atoms with Crippen LogP contribution < -0.4 is 9.64 Å². The van der Waals surface area contributed by atoms with E-state index in [2.05, 4.69) is 9.97 Å². The fourth-order valence-corrected chi connectivity index (χ4v) is 3.78. The first kappa shape index (κ1) is 21.1. The van der Waals surface area contributed by atoms with Crippen molar-refractivity contribution in [2.24, 2.45) is 0 Å². The molecule has 4 rings (SSSR count). The summed E-state index contributed by atoms with van der Waals surface area (Å²) in [5.41, 5.74) is -1.92. The Morgan fingerprint density at radius 1 is 1.13 bits per heavy atom. The van der Waals surface area contributed by atoms with Gasteiger partial charge < -0.3 is 14.6 Å². The second-order valence-electron chi connectivity index (χ2n) is 6.98. The van der Waals surface area contributed by atoms with E-state index in [0.717, 1.165) is 24.4 Å². The van der Waals surface area contributed by atoms with Gasteiger partial charge in [-0.2, -0.15) is 13.2 Å². The molecular formula is C21H17F6N3O. The standard InChI is InChI=1S/C21H17F6N3O/c1-2-31-15-6-8-28-20(21(25,26)27)19(15)30-9-7-14-11(10-30)17(24)18(29-14)16-12(22)4-3-5-13(16)23/h3-6,8,29H,2,7,9-10H2,1H3. The van der Waals surface area contributed by atoms with Crippen LogP contribution in [0.25, 0.3) is 11.3 Å². The van der Waals surface area contributed by atoms with Gasteiger partial charge in [-0.15, -0.1) is 0 Å². The van der Waals surface area contributed by atoms with E-state index in [4.69, 9.17) is 4.74 Å². The van der Waals surface area contributed by atoms with Crippen molar-refractivity contribution < 1.29 is 31.1 Å². The normalized spacial score (nSPS) is 14.0. The van der Waals surface area contributed by atoms with Crippen LogP contribution in [-0.2, 0) is 19.1 Å². The quantitative estimate of drug-likeness (QED) is 0.546. The molecule has 0 fully saturated rings. The fraction of sp³-hybridized carbons (Fsp3) is 0.286. The van der Waals surface area contributed by atoms with E-state index < -0.39 is 34.9 Å². The minimum atomic E-state index is -4.75. The number of anilines is 1. The van der Waals surface area contributed by atoms with Crippen molar-refractivity contribution in [2.45, 2.75) is 26.1 Å². The van der Waals surface area contributed by atoms with Crippen molar-refractivity contribution in [2.75, 3.05) is 18.1 Å². The lowest BCUT2D eigenvalue weighted by Crippen LogP contribution is -2.33. The summed E-state index contributed by atoms with van der Waals surface area (Å²) in [4.78, 5) is 7.50. The summed E-state index contributed by atoms with van der Waals surface area (Å²) in [7, 11) is 0. The molecule has 2 aromatic heterocycles. The summed E-state index contributed by atoms with van der Waals surface area (Å²) in [5.74, 6) is -2.82. The van der Waals surface area contributed by atoms with Crippen LogP contribution in [0.1, 0.15) is 23.9 Å². The van der Waals surface area contributed by atoms with Crippen molar-refractivity contribution in [1.82, 2.24) is 9.97 Å². The van der Waals surface area contributed by atoms with Gasteiger partial charge in [0, 0.05) is 43.0 Å². The largest absolute Gasteiger partial charge is 0.492 e. The van der Waals surface area contributed by atoms with Gasteiger partial charge in [-0.05, 0) is 19.1 Å². The van der Waals surface area contributed by atoms with Crippen LogP contribution in [0.4, 0.5) is 32.0 Å². The van der Waals surface area contributed by atoms with Crippen LogP contribution in [0.5, 0.6) is 5.75 Å². The maximum absolute atomic E-state index is 15.2. The minimum absolute atomic E-state index is 0.0235. The van der Waals surface area contributed by atoms with Crippen LogP contribution in [0.15, 0.2) is 30.5 Å². The van der Waals surface area contributed by atoms with Crippen molar-refractivity contribution in [3.8, 4) is 17.0 Å². The molecule has 0 spiro atoms. The Morgan fingerprint density at radius 2 is 1.84 bits per heavy atom. The molecule has 3 aromatic rings. The first-order valence-corrected chi connectivity index (χ1v) is 9.49. The molecule has 1 aliphatic heterocycles. The van der Waals surface area contributed by atoms with E-state index in [1.807, 2.05) is 0 Å². The van der Waals surface area contributed by atoms with Crippen LogP contribution in [0.2, 0.25) is 0 Å². The third kappa shape index (κ3) is 3.70. The number of nitrogens with zero attached hydrogens (tertiary/aromatic N) is 2. The predicted molar refractivity (Wildman–Crippen MR) is 101 cm³/mol.